The molecule has 0 fully saturated rings. The molecule has 7 heteroatoms. The Kier molecular flexibility index (Phi) is 3.46. The summed E-state index contributed by atoms with van der Waals surface area (Å²) in [6.07, 6.45) is 6.24. The maximum Gasteiger partial charge on any atom is 0.341 e. The van der Waals surface area contributed by atoms with Crippen LogP contribution in [0, 0.1) is 0 Å². The number of rotatable bonds is 4. The lowest BCUT2D eigenvalue weighted by Crippen LogP contribution is -2.08. The fraction of sp³-hybridized carbons (Fsp3) is 0.143. The van der Waals surface area contributed by atoms with Crippen molar-refractivity contribution in [3.8, 4) is 0 Å². The van der Waals surface area contributed by atoms with Gasteiger partial charge in [-0.15, -0.1) is 0 Å². The monoisotopic (exact) mass is 284 g/mol. The average Bonchev–Trinajstić information content (AvgIpc) is 3.00. The van der Waals surface area contributed by atoms with E-state index in [0.29, 0.717) is 23.7 Å². The lowest BCUT2D eigenvalue weighted by molar-refractivity contribution is 0.0598. The van der Waals surface area contributed by atoms with Crippen LogP contribution in [0.25, 0.3) is 10.9 Å². The van der Waals surface area contributed by atoms with Crippen molar-refractivity contribution in [1.29, 1.82) is 0 Å². The van der Waals surface area contributed by atoms with Gasteiger partial charge in [0.2, 0.25) is 0 Å². The zero-order chi connectivity index (χ0) is 14.7. The number of fused-ring (bicyclic) bond motifs is 1. The van der Waals surface area contributed by atoms with Crippen molar-refractivity contribution < 1.29 is 13.9 Å². The van der Waals surface area contributed by atoms with Crippen molar-refractivity contribution in [3.05, 3.63) is 48.4 Å². The van der Waals surface area contributed by atoms with Crippen molar-refractivity contribution in [3.63, 3.8) is 0 Å². The van der Waals surface area contributed by atoms with Gasteiger partial charge in [-0.05, 0) is 12.1 Å². The van der Waals surface area contributed by atoms with Gasteiger partial charge >= 0.3 is 5.97 Å². The van der Waals surface area contributed by atoms with E-state index >= 15 is 0 Å². The van der Waals surface area contributed by atoms with Gasteiger partial charge < -0.3 is 14.5 Å². The molecular formula is C14H12N4O3. The highest BCUT2D eigenvalue weighted by Gasteiger charge is 2.15. The van der Waals surface area contributed by atoms with Gasteiger partial charge in [-0.1, -0.05) is 0 Å². The number of nitrogens with one attached hydrogen (secondary N) is 1. The van der Waals surface area contributed by atoms with E-state index in [9.17, 15) is 4.79 Å². The third kappa shape index (κ3) is 2.53. The Labute approximate surface area is 120 Å². The first-order valence-electron chi connectivity index (χ1n) is 6.23. The molecule has 3 aromatic rings. The summed E-state index contributed by atoms with van der Waals surface area (Å²) in [6, 6.07) is 3.39. The fourth-order valence-electron chi connectivity index (χ4n) is 1.98. The fourth-order valence-corrected chi connectivity index (χ4v) is 1.98. The number of furan rings is 1. The van der Waals surface area contributed by atoms with E-state index < -0.39 is 5.97 Å². The van der Waals surface area contributed by atoms with Crippen LogP contribution in [0.1, 0.15) is 16.1 Å². The second-order valence-corrected chi connectivity index (χ2v) is 4.22. The number of hydrogen-bond donors (Lipinski definition) is 1. The maximum atomic E-state index is 11.6. The van der Waals surface area contributed by atoms with Gasteiger partial charge in [0.15, 0.2) is 0 Å². The molecule has 7 nitrogen and oxygen atoms in total. The van der Waals surface area contributed by atoms with Crippen LogP contribution in [0.15, 0.2) is 41.5 Å². The highest BCUT2D eigenvalue weighted by atomic mass is 16.5. The number of carbonyl (C=O) groups excluding carboxylic acids is 1. The maximum absolute atomic E-state index is 11.6. The largest absolute Gasteiger partial charge is 0.467 e. The lowest BCUT2D eigenvalue weighted by atomic mass is 10.2. The van der Waals surface area contributed by atoms with Gasteiger partial charge in [-0.25, -0.2) is 14.8 Å². The van der Waals surface area contributed by atoms with E-state index in [2.05, 4.69) is 20.3 Å². The van der Waals surface area contributed by atoms with Gasteiger partial charge in [0.05, 0.1) is 31.6 Å². The summed E-state index contributed by atoms with van der Waals surface area (Å²) < 4.78 is 10.00. The number of esters is 1. The van der Waals surface area contributed by atoms with Gasteiger partial charge in [-0.2, -0.15) is 0 Å². The van der Waals surface area contributed by atoms with Crippen molar-refractivity contribution in [1.82, 2.24) is 15.0 Å². The van der Waals surface area contributed by atoms with Crippen molar-refractivity contribution in [2.45, 2.75) is 6.54 Å². The summed E-state index contributed by atoms with van der Waals surface area (Å²) in [6.45, 7) is 0.311. The second kappa shape index (κ2) is 5.58. The molecule has 3 aromatic heterocycles. The third-order valence-electron chi connectivity index (χ3n) is 3.01. The zero-order valence-corrected chi connectivity index (χ0v) is 11.2. The summed E-state index contributed by atoms with van der Waals surface area (Å²) in [5, 5.41) is 3.97. The number of hydrogen-bond acceptors (Lipinski definition) is 7. The number of anilines is 1. The van der Waals surface area contributed by atoms with Crippen LogP contribution in [0.4, 0.5) is 5.82 Å². The second-order valence-electron chi connectivity index (χ2n) is 4.22. The van der Waals surface area contributed by atoms with E-state index in [1.165, 1.54) is 19.7 Å². The van der Waals surface area contributed by atoms with Crippen LogP contribution in [-0.2, 0) is 11.3 Å². The number of aromatic nitrogens is 3. The molecule has 0 aliphatic rings. The summed E-state index contributed by atoms with van der Waals surface area (Å²) in [5.41, 5.74) is 1.13. The first-order valence-corrected chi connectivity index (χ1v) is 6.23. The minimum Gasteiger partial charge on any atom is -0.467 e. The molecular weight excluding hydrogens is 272 g/mol. The molecule has 0 unspecified atom stereocenters. The Hall–Kier alpha value is -2.96. The molecule has 0 atom stereocenters. The molecule has 0 spiro atoms. The van der Waals surface area contributed by atoms with Crippen molar-refractivity contribution in [2.75, 3.05) is 12.4 Å². The normalized spacial score (nSPS) is 10.5. The molecule has 0 aliphatic carbocycles. The molecule has 0 radical (unpaired) electrons. The van der Waals surface area contributed by atoms with Crippen molar-refractivity contribution in [2.24, 2.45) is 0 Å². The number of ether oxygens (including phenoxy) is 1. The van der Waals surface area contributed by atoms with Crippen LogP contribution < -0.4 is 5.32 Å². The SMILES string of the molecule is COC(=O)c1ccoc1CNc1ncnc2cnccc12. The Morgan fingerprint density at radius 3 is 3.14 bits per heavy atom. The minimum absolute atomic E-state index is 0.311. The number of carbonyl (C=O) groups is 1. The standard InChI is InChI=1S/C14H12N4O3/c1-20-14(19)10-3-5-21-12(10)7-16-13-9-2-4-15-6-11(9)17-8-18-13/h2-6,8H,7H2,1H3,(H,16,17,18). The molecule has 3 heterocycles. The van der Waals surface area contributed by atoms with E-state index in [0.717, 1.165) is 10.9 Å². The predicted octanol–water partition coefficient (Wildman–Crippen LogP) is 2.02. The minimum atomic E-state index is -0.433. The third-order valence-corrected chi connectivity index (χ3v) is 3.01. The van der Waals surface area contributed by atoms with Crippen LogP contribution >= 0.6 is 0 Å². The molecule has 3 rings (SSSR count). The molecule has 0 saturated carbocycles. The average molecular weight is 284 g/mol. The van der Waals surface area contributed by atoms with E-state index in [-0.39, 0.29) is 0 Å². The molecule has 21 heavy (non-hydrogen) atoms. The molecule has 0 aromatic carbocycles. The summed E-state index contributed by atoms with van der Waals surface area (Å²) in [5.74, 6) is 0.703. The zero-order valence-electron chi connectivity index (χ0n) is 11.2. The molecule has 0 saturated heterocycles. The predicted molar refractivity (Wildman–Crippen MR) is 74.7 cm³/mol. The highest BCUT2D eigenvalue weighted by Crippen LogP contribution is 2.19. The van der Waals surface area contributed by atoms with E-state index in [4.69, 9.17) is 9.15 Å². The molecule has 0 bridgehead atoms. The Bertz CT molecular complexity index is 779. The van der Waals surface area contributed by atoms with Gasteiger partial charge in [-0.3, -0.25) is 4.98 Å². The first kappa shape index (κ1) is 13.0. The van der Waals surface area contributed by atoms with Crippen molar-refractivity contribution >= 4 is 22.7 Å². The summed E-state index contributed by atoms with van der Waals surface area (Å²) in [7, 11) is 1.33. The number of methoxy groups -OCH3 is 1. The van der Waals surface area contributed by atoms with Crippen LogP contribution in [0.5, 0.6) is 0 Å². The molecule has 1 N–H and O–H groups in total. The van der Waals surface area contributed by atoms with Gasteiger partial charge in [0.25, 0.3) is 0 Å². The lowest BCUT2D eigenvalue weighted by Gasteiger charge is -2.07. The first-order chi connectivity index (χ1) is 10.3. The van der Waals surface area contributed by atoms with Gasteiger partial charge in [0.1, 0.15) is 23.5 Å². The van der Waals surface area contributed by atoms with E-state index in [1.54, 1.807) is 18.5 Å². The van der Waals surface area contributed by atoms with E-state index in [1.807, 2.05) is 6.07 Å². The quantitative estimate of drug-likeness (QED) is 0.733. The molecule has 0 amide bonds. The summed E-state index contributed by atoms with van der Waals surface area (Å²) >= 11 is 0. The number of pyridine rings is 1. The van der Waals surface area contributed by atoms with Gasteiger partial charge in [0, 0.05) is 11.6 Å². The highest BCUT2D eigenvalue weighted by molar-refractivity contribution is 5.91. The van der Waals surface area contributed by atoms with Crippen LogP contribution in [-0.4, -0.2) is 28.0 Å². The topological polar surface area (TPSA) is 90.1 Å². The molecule has 0 aliphatic heterocycles. The van der Waals surface area contributed by atoms with Crippen LogP contribution in [0.3, 0.4) is 0 Å². The Balaban J connectivity index is 1.84. The Morgan fingerprint density at radius 2 is 2.29 bits per heavy atom. The summed E-state index contributed by atoms with van der Waals surface area (Å²) in [4.78, 5) is 23.9. The smallest absolute Gasteiger partial charge is 0.341 e. The number of nitrogens with zero attached hydrogens (tertiary/aromatic N) is 3. The van der Waals surface area contributed by atoms with Crippen LogP contribution in [0.2, 0.25) is 0 Å². The molecule has 106 valence electrons. The Morgan fingerprint density at radius 1 is 1.38 bits per heavy atom.